The van der Waals surface area contributed by atoms with Crippen molar-refractivity contribution >= 4 is 0 Å². The van der Waals surface area contributed by atoms with E-state index >= 15 is 0 Å². The molecule has 1 aromatic heterocycles. The van der Waals surface area contributed by atoms with Crippen molar-refractivity contribution in [1.29, 1.82) is 0 Å². The summed E-state index contributed by atoms with van der Waals surface area (Å²) in [4.78, 5) is 0. The highest BCUT2D eigenvalue weighted by Gasteiger charge is 2.19. The molecule has 0 aromatic carbocycles. The molecule has 3 rings (SSSR count). The smallest absolute Gasteiger partial charge is 0.0827 e. The minimum Gasteiger partial charge on any atom is -0.316 e. The number of aromatic nitrogens is 3. The minimum absolute atomic E-state index is 0.687. The molecule has 0 spiro atoms. The molecule has 1 aromatic rings. The fourth-order valence-corrected chi connectivity index (χ4v) is 3.71. The Morgan fingerprint density at radius 2 is 2.29 bits per heavy atom. The van der Waals surface area contributed by atoms with Gasteiger partial charge >= 0.3 is 0 Å². The van der Waals surface area contributed by atoms with Crippen molar-refractivity contribution in [2.75, 3.05) is 19.6 Å². The zero-order valence-corrected chi connectivity index (χ0v) is 13.2. The van der Waals surface area contributed by atoms with Crippen LogP contribution in [0.4, 0.5) is 0 Å². The van der Waals surface area contributed by atoms with Crippen LogP contribution in [0.3, 0.4) is 0 Å². The summed E-state index contributed by atoms with van der Waals surface area (Å²) in [6, 6.07) is 0.687. The van der Waals surface area contributed by atoms with Gasteiger partial charge in [-0.05, 0) is 63.6 Å². The van der Waals surface area contributed by atoms with Crippen LogP contribution in [0.25, 0.3) is 0 Å². The first-order valence-corrected chi connectivity index (χ1v) is 8.62. The van der Waals surface area contributed by atoms with E-state index in [1.165, 1.54) is 38.6 Å². The van der Waals surface area contributed by atoms with Crippen LogP contribution in [0.1, 0.15) is 44.7 Å². The van der Waals surface area contributed by atoms with Gasteiger partial charge in [0, 0.05) is 18.8 Å². The number of nitrogens with one attached hydrogen (secondary N) is 2. The average Bonchev–Trinajstić information content (AvgIpc) is 2.94. The van der Waals surface area contributed by atoms with Gasteiger partial charge in [0.25, 0.3) is 0 Å². The molecule has 21 heavy (non-hydrogen) atoms. The van der Waals surface area contributed by atoms with E-state index in [4.69, 9.17) is 0 Å². The van der Waals surface area contributed by atoms with E-state index < -0.39 is 0 Å². The summed E-state index contributed by atoms with van der Waals surface area (Å²) >= 11 is 0. The fraction of sp³-hybridized carbons (Fsp3) is 0.875. The Labute approximate surface area is 127 Å². The number of aryl methyl sites for hydroxylation is 1. The number of nitrogens with zero attached hydrogens (tertiary/aromatic N) is 3. The lowest BCUT2D eigenvalue weighted by Gasteiger charge is -2.27. The van der Waals surface area contributed by atoms with E-state index in [9.17, 15) is 0 Å². The highest BCUT2D eigenvalue weighted by Crippen LogP contribution is 2.17. The molecule has 3 heterocycles. The van der Waals surface area contributed by atoms with E-state index in [1.807, 2.05) is 4.68 Å². The van der Waals surface area contributed by atoms with Gasteiger partial charge in [-0.1, -0.05) is 18.6 Å². The van der Waals surface area contributed by atoms with E-state index in [1.54, 1.807) is 0 Å². The molecule has 118 valence electrons. The molecule has 0 bridgehead atoms. The first kappa shape index (κ1) is 15.0. The SMILES string of the molecule is CC1CNCC(Cn2cc(CCC3CCCCN3)nn2)C1. The Bertz CT molecular complexity index is 424. The zero-order chi connectivity index (χ0) is 14.5. The van der Waals surface area contributed by atoms with Crippen LogP contribution in [-0.4, -0.2) is 40.7 Å². The maximum absolute atomic E-state index is 4.35. The lowest BCUT2D eigenvalue weighted by Crippen LogP contribution is -2.37. The van der Waals surface area contributed by atoms with Gasteiger partial charge in [-0.3, -0.25) is 4.68 Å². The number of piperidine rings is 2. The van der Waals surface area contributed by atoms with E-state index in [0.717, 1.165) is 37.7 Å². The Morgan fingerprint density at radius 3 is 3.10 bits per heavy atom. The van der Waals surface area contributed by atoms with Crippen LogP contribution in [-0.2, 0) is 13.0 Å². The van der Waals surface area contributed by atoms with Crippen molar-refractivity contribution in [3.8, 4) is 0 Å². The topological polar surface area (TPSA) is 54.8 Å². The minimum atomic E-state index is 0.687. The second kappa shape index (κ2) is 7.36. The van der Waals surface area contributed by atoms with Gasteiger partial charge in [0.2, 0.25) is 0 Å². The quantitative estimate of drug-likeness (QED) is 0.865. The third kappa shape index (κ3) is 4.51. The first-order valence-electron chi connectivity index (χ1n) is 8.62. The molecule has 3 unspecified atom stereocenters. The van der Waals surface area contributed by atoms with Gasteiger partial charge < -0.3 is 10.6 Å². The zero-order valence-electron chi connectivity index (χ0n) is 13.2. The molecule has 2 saturated heterocycles. The molecule has 0 radical (unpaired) electrons. The molecule has 0 aliphatic carbocycles. The fourth-order valence-electron chi connectivity index (χ4n) is 3.71. The monoisotopic (exact) mass is 291 g/mol. The molecule has 0 saturated carbocycles. The van der Waals surface area contributed by atoms with Crippen LogP contribution < -0.4 is 10.6 Å². The summed E-state index contributed by atoms with van der Waals surface area (Å²) in [6.45, 7) is 6.79. The maximum atomic E-state index is 4.35. The van der Waals surface area contributed by atoms with Crippen molar-refractivity contribution in [2.45, 2.75) is 58.0 Å². The van der Waals surface area contributed by atoms with Gasteiger partial charge in [-0.2, -0.15) is 0 Å². The number of hydrogen-bond donors (Lipinski definition) is 2. The van der Waals surface area contributed by atoms with Crippen molar-refractivity contribution in [3.63, 3.8) is 0 Å². The standard InChI is InChI=1S/C16H29N5/c1-13-8-14(10-17-9-13)11-21-12-16(19-20-21)6-5-15-4-2-3-7-18-15/h12-15,17-18H,2-11H2,1H3. The average molecular weight is 291 g/mol. The normalized spacial score (nSPS) is 30.4. The van der Waals surface area contributed by atoms with Crippen LogP contribution in [0.5, 0.6) is 0 Å². The Kier molecular flexibility index (Phi) is 5.25. The summed E-state index contributed by atoms with van der Waals surface area (Å²) in [7, 11) is 0. The number of hydrogen-bond acceptors (Lipinski definition) is 4. The van der Waals surface area contributed by atoms with Gasteiger partial charge in [0.05, 0.1) is 5.69 Å². The Morgan fingerprint density at radius 1 is 1.33 bits per heavy atom. The predicted octanol–water partition coefficient (Wildman–Crippen LogP) is 1.60. The second-order valence-electron chi connectivity index (χ2n) is 6.98. The summed E-state index contributed by atoms with van der Waals surface area (Å²) in [5.74, 6) is 1.48. The molecule has 2 aliphatic heterocycles. The van der Waals surface area contributed by atoms with E-state index in [-0.39, 0.29) is 0 Å². The summed E-state index contributed by atoms with van der Waals surface area (Å²) in [6.07, 6.45) is 9.73. The summed E-state index contributed by atoms with van der Waals surface area (Å²) in [5, 5.41) is 15.8. The molecular weight excluding hydrogens is 262 g/mol. The van der Waals surface area contributed by atoms with Crippen LogP contribution in [0, 0.1) is 11.8 Å². The van der Waals surface area contributed by atoms with Crippen LogP contribution in [0.2, 0.25) is 0 Å². The largest absolute Gasteiger partial charge is 0.316 e. The highest BCUT2D eigenvalue weighted by atomic mass is 15.4. The molecule has 2 fully saturated rings. The first-order chi connectivity index (χ1) is 10.3. The second-order valence-corrected chi connectivity index (χ2v) is 6.98. The number of rotatable bonds is 5. The molecule has 2 aliphatic rings. The summed E-state index contributed by atoms with van der Waals surface area (Å²) in [5.41, 5.74) is 1.15. The molecule has 5 nitrogen and oxygen atoms in total. The van der Waals surface area contributed by atoms with Crippen LogP contribution in [0.15, 0.2) is 6.20 Å². The van der Waals surface area contributed by atoms with Gasteiger partial charge in [-0.15, -0.1) is 5.10 Å². The molecule has 2 N–H and O–H groups in total. The lowest BCUT2D eigenvalue weighted by atomic mass is 9.92. The molecule has 0 amide bonds. The van der Waals surface area contributed by atoms with Crippen molar-refractivity contribution in [1.82, 2.24) is 25.6 Å². The highest BCUT2D eigenvalue weighted by molar-refractivity contribution is 4.94. The summed E-state index contributed by atoms with van der Waals surface area (Å²) < 4.78 is 2.05. The predicted molar refractivity (Wildman–Crippen MR) is 84.1 cm³/mol. The van der Waals surface area contributed by atoms with Gasteiger partial charge in [0.15, 0.2) is 0 Å². The lowest BCUT2D eigenvalue weighted by molar-refractivity contribution is 0.266. The van der Waals surface area contributed by atoms with E-state index in [2.05, 4.69) is 34.1 Å². The Balaban J connectivity index is 1.44. The van der Waals surface area contributed by atoms with Crippen LogP contribution >= 0.6 is 0 Å². The third-order valence-corrected chi connectivity index (χ3v) is 4.85. The molecule has 3 atom stereocenters. The Hall–Kier alpha value is -0.940. The van der Waals surface area contributed by atoms with Gasteiger partial charge in [0.1, 0.15) is 0 Å². The van der Waals surface area contributed by atoms with Crippen molar-refractivity contribution < 1.29 is 0 Å². The van der Waals surface area contributed by atoms with Gasteiger partial charge in [-0.25, -0.2) is 0 Å². The van der Waals surface area contributed by atoms with E-state index in [0.29, 0.717) is 12.0 Å². The van der Waals surface area contributed by atoms with Crippen molar-refractivity contribution in [3.05, 3.63) is 11.9 Å². The molecular formula is C16H29N5. The third-order valence-electron chi connectivity index (χ3n) is 4.85. The maximum Gasteiger partial charge on any atom is 0.0827 e. The molecule has 5 heteroatoms. The van der Waals surface area contributed by atoms with Crippen molar-refractivity contribution in [2.24, 2.45) is 11.8 Å².